The van der Waals surface area contributed by atoms with E-state index in [1.165, 1.54) is 25.7 Å². The van der Waals surface area contributed by atoms with Crippen molar-refractivity contribution in [3.05, 3.63) is 81.7 Å². The van der Waals surface area contributed by atoms with Crippen LogP contribution in [-0.4, -0.2) is 17.3 Å². The lowest BCUT2D eigenvalue weighted by Crippen LogP contribution is -2.33. The van der Waals surface area contributed by atoms with Crippen LogP contribution in [0.5, 0.6) is 11.5 Å². The lowest BCUT2D eigenvalue weighted by molar-refractivity contribution is -0.0191. The molecule has 0 saturated carbocycles. The van der Waals surface area contributed by atoms with Gasteiger partial charge in [-0.3, -0.25) is 0 Å². The molecule has 0 fully saturated rings. The summed E-state index contributed by atoms with van der Waals surface area (Å²) in [5, 5.41) is 7.05. The minimum atomic E-state index is -0.310. The van der Waals surface area contributed by atoms with E-state index in [-0.39, 0.29) is 12.3 Å². The molecule has 2 atom stereocenters. The van der Waals surface area contributed by atoms with E-state index in [0.29, 0.717) is 0 Å². The van der Waals surface area contributed by atoms with E-state index in [4.69, 9.17) is 19.0 Å². The molecule has 0 unspecified atom stereocenters. The quantitative estimate of drug-likeness (QED) is 0.267. The molecule has 1 aromatic heterocycles. The number of furan rings is 1. The summed E-state index contributed by atoms with van der Waals surface area (Å²) in [4.78, 5) is 0. The Morgan fingerprint density at radius 1 is 1.03 bits per heavy atom. The molecule has 2 aliphatic heterocycles. The summed E-state index contributed by atoms with van der Waals surface area (Å²) in [6, 6.07) is 18.5. The molecule has 2 aliphatic rings. The van der Waals surface area contributed by atoms with Gasteiger partial charge in [0.2, 0.25) is 6.23 Å². The average molecular weight is 523 g/mol. The van der Waals surface area contributed by atoms with Gasteiger partial charge in [-0.15, -0.1) is 0 Å². The van der Waals surface area contributed by atoms with Crippen LogP contribution in [0.4, 0.5) is 0 Å². The Hall–Kier alpha value is -2.73. The molecule has 0 aliphatic carbocycles. The zero-order valence-corrected chi connectivity index (χ0v) is 21.4. The molecule has 2 aromatic carbocycles. The van der Waals surface area contributed by atoms with Crippen molar-refractivity contribution in [3.63, 3.8) is 0 Å². The number of unbranched alkanes of at least 4 members (excludes halogenated alkanes) is 4. The second-order valence-electron chi connectivity index (χ2n) is 9.04. The van der Waals surface area contributed by atoms with Crippen LogP contribution in [0.1, 0.15) is 80.4 Å². The monoisotopic (exact) mass is 522 g/mol. The number of halogens is 1. The number of ether oxygens (including phenoxy) is 2. The zero-order valence-electron chi connectivity index (χ0n) is 19.8. The number of hydrazone groups is 1. The third kappa shape index (κ3) is 4.88. The molecule has 3 aromatic rings. The van der Waals surface area contributed by atoms with Gasteiger partial charge in [0, 0.05) is 22.0 Å². The van der Waals surface area contributed by atoms with Crippen LogP contribution in [0, 0.1) is 6.92 Å². The summed E-state index contributed by atoms with van der Waals surface area (Å²) in [6.45, 7) is 4.95. The molecule has 0 bridgehead atoms. The highest BCUT2D eigenvalue weighted by Gasteiger charge is 2.41. The fraction of sp³-hybridized carbons (Fsp3) is 0.393. The maximum atomic E-state index is 6.48. The van der Waals surface area contributed by atoms with Crippen LogP contribution in [0.15, 0.2) is 68.6 Å². The fourth-order valence-corrected chi connectivity index (χ4v) is 5.02. The summed E-state index contributed by atoms with van der Waals surface area (Å²) in [7, 11) is 0. The Morgan fingerprint density at radius 2 is 1.85 bits per heavy atom. The number of hydrogen-bond acceptors (Lipinski definition) is 5. The van der Waals surface area contributed by atoms with Gasteiger partial charge in [-0.2, -0.15) is 5.10 Å². The van der Waals surface area contributed by atoms with Crippen molar-refractivity contribution in [1.29, 1.82) is 0 Å². The van der Waals surface area contributed by atoms with E-state index in [9.17, 15) is 0 Å². The minimum Gasteiger partial charge on any atom is -0.494 e. The zero-order chi connectivity index (χ0) is 23.5. The molecule has 5 nitrogen and oxygen atoms in total. The van der Waals surface area contributed by atoms with Gasteiger partial charge in [0.15, 0.2) is 0 Å². The number of hydrogen-bond donors (Lipinski definition) is 0. The second kappa shape index (κ2) is 10.3. The molecule has 178 valence electrons. The van der Waals surface area contributed by atoms with Crippen molar-refractivity contribution >= 4 is 21.6 Å². The molecule has 0 amide bonds. The Bertz CT molecular complexity index is 1150. The summed E-state index contributed by atoms with van der Waals surface area (Å²) >= 11 is 3.61. The van der Waals surface area contributed by atoms with Crippen LogP contribution in [0.3, 0.4) is 0 Å². The molecular weight excluding hydrogens is 492 g/mol. The van der Waals surface area contributed by atoms with Gasteiger partial charge >= 0.3 is 0 Å². The van der Waals surface area contributed by atoms with Crippen LogP contribution in [0.2, 0.25) is 0 Å². The van der Waals surface area contributed by atoms with E-state index in [1.54, 1.807) is 0 Å². The van der Waals surface area contributed by atoms with Gasteiger partial charge in [0.25, 0.3) is 0 Å². The average Bonchev–Trinajstić information content (AvgIpc) is 3.48. The number of fused-ring (bicyclic) bond motifs is 3. The van der Waals surface area contributed by atoms with Gasteiger partial charge in [-0.25, -0.2) is 5.01 Å². The highest BCUT2D eigenvalue weighted by molar-refractivity contribution is 9.10. The highest BCUT2D eigenvalue weighted by Crippen LogP contribution is 2.48. The van der Waals surface area contributed by atoms with Gasteiger partial charge in [-0.05, 0) is 67.9 Å². The topological polar surface area (TPSA) is 47.2 Å². The van der Waals surface area contributed by atoms with E-state index in [0.717, 1.165) is 63.8 Å². The number of nitrogens with zero attached hydrogens (tertiary/aromatic N) is 2. The normalized spacial score (nSPS) is 18.8. The van der Waals surface area contributed by atoms with Crippen molar-refractivity contribution in [3.8, 4) is 11.5 Å². The first-order valence-electron chi connectivity index (χ1n) is 12.2. The van der Waals surface area contributed by atoms with E-state index in [2.05, 4.69) is 46.1 Å². The molecule has 0 radical (unpaired) electrons. The number of benzene rings is 2. The smallest absolute Gasteiger partial charge is 0.213 e. The molecule has 34 heavy (non-hydrogen) atoms. The molecule has 3 heterocycles. The van der Waals surface area contributed by atoms with Crippen molar-refractivity contribution in [2.75, 3.05) is 6.61 Å². The molecule has 0 saturated heterocycles. The maximum absolute atomic E-state index is 6.48. The lowest BCUT2D eigenvalue weighted by Gasteiger charge is -2.38. The molecular formula is C28H31BrN2O3. The van der Waals surface area contributed by atoms with Crippen molar-refractivity contribution in [1.82, 2.24) is 5.01 Å². The summed E-state index contributed by atoms with van der Waals surface area (Å²) in [5.41, 5.74) is 3.13. The van der Waals surface area contributed by atoms with Crippen molar-refractivity contribution < 1.29 is 13.9 Å². The fourth-order valence-electron chi connectivity index (χ4n) is 4.64. The highest BCUT2D eigenvalue weighted by atomic mass is 79.9. The molecule has 5 rings (SSSR count). The van der Waals surface area contributed by atoms with Crippen molar-refractivity contribution in [2.24, 2.45) is 5.10 Å². The van der Waals surface area contributed by atoms with Crippen LogP contribution < -0.4 is 9.47 Å². The van der Waals surface area contributed by atoms with Gasteiger partial charge in [0.05, 0.1) is 12.6 Å². The third-order valence-corrected chi connectivity index (χ3v) is 6.95. The van der Waals surface area contributed by atoms with E-state index >= 15 is 0 Å². The standard InChI is InChI=1S/C28H31BrN2O3/c1-3-4-5-6-7-16-32-22-12-9-20(10-13-22)28-31-25(23-17-21(29)11-15-26(23)34-28)18-24(30-31)27-14-8-19(2)33-27/h8-15,17,25,28H,3-7,16,18H2,1-2H3/t25-,28-/m0/s1. The van der Waals surface area contributed by atoms with Crippen LogP contribution in [-0.2, 0) is 0 Å². The van der Waals surface area contributed by atoms with Gasteiger partial charge in [-0.1, -0.05) is 48.5 Å². The molecule has 0 N–H and O–H groups in total. The Labute approximate surface area is 209 Å². The molecule has 6 heteroatoms. The SMILES string of the molecule is CCCCCCCOc1ccc([C@@H]2Oc3ccc(Br)cc3[C@@H]3CC(c4ccc(C)o4)=NN32)cc1. The van der Waals surface area contributed by atoms with Gasteiger partial charge in [0.1, 0.15) is 28.7 Å². The Kier molecular flexibility index (Phi) is 6.95. The third-order valence-electron chi connectivity index (χ3n) is 6.46. The predicted octanol–water partition coefficient (Wildman–Crippen LogP) is 7.94. The first kappa shape index (κ1) is 23.0. The number of rotatable bonds is 9. The van der Waals surface area contributed by atoms with Crippen LogP contribution >= 0.6 is 15.9 Å². The predicted molar refractivity (Wildman–Crippen MR) is 137 cm³/mol. The lowest BCUT2D eigenvalue weighted by atomic mass is 9.97. The van der Waals surface area contributed by atoms with Crippen LogP contribution in [0.25, 0.3) is 0 Å². The number of aryl methyl sites for hydroxylation is 1. The van der Waals surface area contributed by atoms with Gasteiger partial charge < -0.3 is 13.9 Å². The Morgan fingerprint density at radius 3 is 2.62 bits per heavy atom. The summed E-state index contributed by atoms with van der Waals surface area (Å²) in [5.74, 6) is 3.51. The minimum absolute atomic E-state index is 0.0886. The largest absolute Gasteiger partial charge is 0.494 e. The molecule has 0 spiro atoms. The maximum Gasteiger partial charge on any atom is 0.213 e. The van der Waals surface area contributed by atoms with E-state index < -0.39 is 0 Å². The second-order valence-corrected chi connectivity index (χ2v) is 9.96. The van der Waals surface area contributed by atoms with E-state index in [1.807, 2.05) is 43.3 Å². The first-order chi connectivity index (χ1) is 16.6. The Balaban J connectivity index is 1.35. The van der Waals surface area contributed by atoms with Crippen molar-refractivity contribution in [2.45, 2.75) is 64.6 Å². The summed E-state index contributed by atoms with van der Waals surface area (Å²) in [6.07, 6.45) is 6.63. The first-order valence-corrected chi connectivity index (χ1v) is 13.0. The summed E-state index contributed by atoms with van der Waals surface area (Å²) < 4.78 is 19.4.